The van der Waals surface area contributed by atoms with E-state index >= 15 is 0 Å². The minimum absolute atomic E-state index is 0.0243. The lowest BCUT2D eigenvalue weighted by atomic mass is 9.98. The van der Waals surface area contributed by atoms with Gasteiger partial charge in [-0.3, -0.25) is 9.59 Å². The van der Waals surface area contributed by atoms with Gasteiger partial charge in [-0.25, -0.2) is 4.79 Å². The van der Waals surface area contributed by atoms with Crippen LogP contribution in [-0.4, -0.2) is 41.8 Å². The molecule has 0 bridgehead atoms. The molecular formula is C26H30N2O5. The van der Waals surface area contributed by atoms with Gasteiger partial charge in [-0.1, -0.05) is 55.5 Å². The highest BCUT2D eigenvalue weighted by atomic mass is 16.5. The Morgan fingerprint density at radius 2 is 1.61 bits per heavy atom. The number of fused-ring (bicyclic) bond motifs is 3. The van der Waals surface area contributed by atoms with Crippen molar-refractivity contribution in [3.63, 3.8) is 0 Å². The molecule has 33 heavy (non-hydrogen) atoms. The first kappa shape index (κ1) is 22.8. The largest absolute Gasteiger partial charge is 0.481 e. The van der Waals surface area contributed by atoms with Crippen LogP contribution in [-0.2, 0) is 14.3 Å². The Kier molecular flexibility index (Phi) is 6.67. The fourth-order valence-electron chi connectivity index (χ4n) is 4.85. The summed E-state index contributed by atoms with van der Waals surface area (Å²) in [6.45, 7) is 3.72. The number of carboxylic acids is 1. The van der Waals surface area contributed by atoms with Gasteiger partial charge >= 0.3 is 12.1 Å². The number of carboxylic acid groups (broad SMARTS) is 1. The topological polar surface area (TPSA) is 105 Å². The summed E-state index contributed by atoms with van der Waals surface area (Å²) in [6, 6.07) is 15.7. The Morgan fingerprint density at radius 1 is 1.00 bits per heavy atom. The molecule has 2 aliphatic rings. The molecule has 2 aromatic carbocycles. The molecule has 3 N–H and O–H groups in total. The molecule has 0 spiro atoms. The van der Waals surface area contributed by atoms with Crippen molar-refractivity contribution in [2.45, 2.75) is 51.1 Å². The third kappa shape index (κ3) is 4.87. The Morgan fingerprint density at radius 3 is 2.18 bits per heavy atom. The summed E-state index contributed by atoms with van der Waals surface area (Å²) >= 11 is 0. The van der Waals surface area contributed by atoms with Gasteiger partial charge in [0, 0.05) is 18.0 Å². The van der Waals surface area contributed by atoms with Gasteiger partial charge in [0.15, 0.2) is 0 Å². The first-order valence-electron chi connectivity index (χ1n) is 11.5. The van der Waals surface area contributed by atoms with Crippen molar-refractivity contribution >= 4 is 18.0 Å². The molecule has 0 saturated heterocycles. The van der Waals surface area contributed by atoms with E-state index in [-0.39, 0.29) is 24.5 Å². The maximum atomic E-state index is 12.6. The number of alkyl carbamates (subject to hydrolysis) is 1. The minimum atomic E-state index is -0.815. The number of benzene rings is 2. The molecule has 1 saturated carbocycles. The van der Waals surface area contributed by atoms with Crippen molar-refractivity contribution in [1.82, 2.24) is 10.6 Å². The molecule has 0 aliphatic heterocycles. The van der Waals surface area contributed by atoms with Gasteiger partial charge in [0.05, 0.1) is 11.8 Å². The highest BCUT2D eigenvalue weighted by Gasteiger charge is 2.33. The second kappa shape index (κ2) is 9.65. The zero-order valence-electron chi connectivity index (χ0n) is 18.9. The zero-order chi connectivity index (χ0) is 23.5. The Bertz CT molecular complexity index is 1010. The van der Waals surface area contributed by atoms with E-state index in [1.54, 1.807) is 13.8 Å². The maximum absolute atomic E-state index is 12.6. The number of nitrogens with one attached hydrogen (secondary N) is 2. The number of rotatable bonds is 7. The van der Waals surface area contributed by atoms with Gasteiger partial charge in [-0.2, -0.15) is 0 Å². The van der Waals surface area contributed by atoms with Crippen molar-refractivity contribution in [2.75, 3.05) is 6.61 Å². The summed E-state index contributed by atoms with van der Waals surface area (Å²) in [4.78, 5) is 36.2. The van der Waals surface area contributed by atoms with Crippen LogP contribution >= 0.6 is 0 Å². The fraction of sp³-hybridized carbons (Fsp3) is 0.423. The number of hydrogen-bond acceptors (Lipinski definition) is 4. The summed E-state index contributed by atoms with van der Waals surface area (Å²) in [5, 5.41) is 14.8. The van der Waals surface area contributed by atoms with Crippen LogP contribution in [0.25, 0.3) is 11.1 Å². The summed E-state index contributed by atoms with van der Waals surface area (Å²) in [6.07, 6.45) is 1.11. The molecule has 2 aromatic rings. The summed E-state index contributed by atoms with van der Waals surface area (Å²) in [7, 11) is 0. The molecule has 7 heteroatoms. The molecule has 0 aromatic heterocycles. The molecular weight excluding hydrogens is 420 g/mol. The number of hydrogen-bond donors (Lipinski definition) is 3. The van der Waals surface area contributed by atoms with Crippen LogP contribution in [0.1, 0.15) is 50.2 Å². The Balaban J connectivity index is 1.29. The van der Waals surface area contributed by atoms with E-state index in [0.29, 0.717) is 19.3 Å². The van der Waals surface area contributed by atoms with Crippen LogP contribution < -0.4 is 10.6 Å². The monoisotopic (exact) mass is 450 g/mol. The second-order valence-corrected chi connectivity index (χ2v) is 9.10. The molecule has 2 amide bonds. The first-order valence-corrected chi connectivity index (χ1v) is 11.5. The molecule has 0 radical (unpaired) electrons. The average Bonchev–Trinajstić information content (AvgIpc) is 3.40. The standard InChI is InChI=1S/C26H30N2O5/c1-15(24(29)28-18-12-11-17(13-18)25(30)31)16(2)27-26(32)33-14-23-21-9-5-3-7-19(21)20-8-4-6-10-22(20)23/h3-10,15-18,23H,11-14H2,1-2H3,(H,27,32)(H,28,29)(H,30,31)/t15?,16?,17-,18+/m1/s1. The smallest absolute Gasteiger partial charge is 0.407 e. The van der Waals surface area contributed by atoms with Crippen LogP contribution in [0.15, 0.2) is 48.5 Å². The third-order valence-corrected chi connectivity index (χ3v) is 6.98. The fourth-order valence-corrected chi connectivity index (χ4v) is 4.85. The maximum Gasteiger partial charge on any atom is 0.407 e. The van der Waals surface area contributed by atoms with Gasteiger partial charge in [0.2, 0.25) is 5.91 Å². The van der Waals surface area contributed by atoms with E-state index in [9.17, 15) is 14.4 Å². The lowest BCUT2D eigenvalue weighted by Gasteiger charge is -2.23. The van der Waals surface area contributed by atoms with Gasteiger partial charge in [-0.05, 0) is 48.4 Å². The molecule has 0 heterocycles. The van der Waals surface area contributed by atoms with Crippen LogP contribution in [0.3, 0.4) is 0 Å². The summed E-state index contributed by atoms with van der Waals surface area (Å²) < 4.78 is 5.57. The van der Waals surface area contributed by atoms with Gasteiger partial charge in [0.1, 0.15) is 6.61 Å². The Hall–Kier alpha value is -3.35. The molecule has 4 rings (SSSR count). The Labute approximate surface area is 193 Å². The molecule has 2 unspecified atom stereocenters. The summed E-state index contributed by atoms with van der Waals surface area (Å²) in [5.41, 5.74) is 4.61. The molecule has 1 fully saturated rings. The number of amides is 2. The number of carbonyl (C=O) groups excluding carboxylic acids is 2. The number of aliphatic carboxylic acids is 1. The lowest BCUT2D eigenvalue weighted by Crippen LogP contribution is -2.46. The van der Waals surface area contributed by atoms with Crippen LogP contribution in [0.5, 0.6) is 0 Å². The van der Waals surface area contributed by atoms with E-state index in [4.69, 9.17) is 9.84 Å². The first-order chi connectivity index (χ1) is 15.8. The van der Waals surface area contributed by atoms with Gasteiger partial charge in [0.25, 0.3) is 0 Å². The van der Waals surface area contributed by atoms with E-state index in [1.807, 2.05) is 24.3 Å². The van der Waals surface area contributed by atoms with Gasteiger partial charge < -0.3 is 20.5 Å². The normalized spacial score (nSPS) is 20.9. The highest BCUT2D eigenvalue weighted by Crippen LogP contribution is 2.44. The van der Waals surface area contributed by atoms with Crippen molar-refractivity contribution in [2.24, 2.45) is 11.8 Å². The highest BCUT2D eigenvalue weighted by molar-refractivity contribution is 5.81. The van der Waals surface area contributed by atoms with Crippen LogP contribution in [0.2, 0.25) is 0 Å². The zero-order valence-corrected chi connectivity index (χ0v) is 18.9. The lowest BCUT2D eigenvalue weighted by molar-refractivity contribution is -0.141. The van der Waals surface area contributed by atoms with Crippen molar-refractivity contribution in [1.29, 1.82) is 0 Å². The van der Waals surface area contributed by atoms with Gasteiger partial charge in [-0.15, -0.1) is 0 Å². The summed E-state index contributed by atoms with van der Waals surface area (Å²) in [5.74, 6) is -1.91. The van der Waals surface area contributed by atoms with E-state index in [1.165, 1.54) is 0 Å². The average molecular weight is 451 g/mol. The quantitative estimate of drug-likeness (QED) is 0.593. The van der Waals surface area contributed by atoms with E-state index in [0.717, 1.165) is 22.3 Å². The molecule has 4 atom stereocenters. The van der Waals surface area contributed by atoms with Crippen LogP contribution in [0, 0.1) is 11.8 Å². The van der Waals surface area contributed by atoms with Crippen molar-refractivity contribution < 1.29 is 24.2 Å². The second-order valence-electron chi connectivity index (χ2n) is 9.10. The number of carbonyl (C=O) groups is 3. The number of ether oxygens (including phenoxy) is 1. The molecule has 7 nitrogen and oxygen atoms in total. The van der Waals surface area contributed by atoms with Crippen molar-refractivity contribution in [3.05, 3.63) is 59.7 Å². The van der Waals surface area contributed by atoms with Crippen molar-refractivity contribution in [3.8, 4) is 11.1 Å². The van der Waals surface area contributed by atoms with E-state index in [2.05, 4.69) is 34.9 Å². The predicted molar refractivity (Wildman–Crippen MR) is 124 cm³/mol. The molecule has 174 valence electrons. The molecule has 2 aliphatic carbocycles. The minimum Gasteiger partial charge on any atom is -0.481 e. The van der Waals surface area contributed by atoms with Crippen LogP contribution in [0.4, 0.5) is 4.79 Å². The van der Waals surface area contributed by atoms with E-state index < -0.39 is 29.9 Å². The SMILES string of the molecule is CC(NC(=O)OCC1c2ccccc2-c2ccccc21)C(C)C(=O)N[C@H]1CC[C@@H](C(=O)O)C1. The predicted octanol–water partition coefficient (Wildman–Crippen LogP) is 3.92. The third-order valence-electron chi connectivity index (χ3n) is 6.98.